The third-order valence-corrected chi connectivity index (χ3v) is 2.81. The first-order valence-corrected chi connectivity index (χ1v) is 4.90. The van der Waals surface area contributed by atoms with E-state index in [1.165, 1.54) is 38.5 Å². The van der Waals surface area contributed by atoms with Gasteiger partial charge in [0.25, 0.3) is 0 Å². The zero-order chi connectivity index (χ0) is 7.40. The third kappa shape index (κ3) is 2.49. The van der Waals surface area contributed by atoms with Crippen LogP contribution in [-0.2, 0) is 0 Å². The van der Waals surface area contributed by atoms with Crippen molar-refractivity contribution in [1.82, 2.24) is 0 Å². The molecule has 0 aromatic rings. The van der Waals surface area contributed by atoms with E-state index in [-0.39, 0.29) is 0 Å². The molecule has 2 atom stereocenters. The minimum absolute atomic E-state index is 0.491. The van der Waals surface area contributed by atoms with E-state index >= 15 is 0 Å². The Bertz CT molecular complexity index is 88.7. The Morgan fingerprint density at radius 1 is 1.40 bits per heavy atom. The van der Waals surface area contributed by atoms with Crippen molar-refractivity contribution in [2.75, 3.05) is 0 Å². The zero-order valence-corrected chi connectivity index (χ0v) is 7.53. The predicted molar refractivity (Wildman–Crippen MR) is 46.5 cm³/mol. The topological polar surface area (TPSA) is 0 Å². The monoisotopic (exact) mass is 160 g/mol. The maximum Gasteiger partial charge on any atom is 0.0338 e. The SMILES string of the molecule is CCCC1CCC[C@@H](Cl)C1. The van der Waals surface area contributed by atoms with Crippen LogP contribution in [0.15, 0.2) is 0 Å². The van der Waals surface area contributed by atoms with Crippen LogP contribution in [0.2, 0.25) is 0 Å². The van der Waals surface area contributed by atoms with E-state index in [0.29, 0.717) is 5.38 Å². The summed E-state index contributed by atoms with van der Waals surface area (Å²) in [6, 6.07) is 0. The number of hydrogen-bond donors (Lipinski definition) is 0. The first-order chi connectivity index (χ1) is 4.83. The van der Waals surface area contributed by atoms with Gasteiger partial charge in [-0.2, -0.15) is 0 Å². The highest BCUT2D eigenvalue weighted by atomic mass is 35.5. The summed E-state index contributed by atoms with van der Waals surface area (Å²) in [5.41, 5.74) is 0. The molecule has 0 radical (unpaired) electrons. The largest absolute Gasteiger partial charge is 0.123 e. The van der Waals surface area contributed by atoms with Gasteiger partial charge in [-0.05, 0) is 18.8 Å². The van der Waals surface area contributed by atoms with E-state index in [4.69, 9.17) is 11.6 Å². The Kier molecular flexibility index (Phi) is 3.55. The smallest absolute Gasteiger partial charge is 0.0338 e. The van der Waals surface area contributed by atoms with Crippen LogP contribution in [0.25, 0.3) is 0 Å². The Hall–Kier alpha value is 0.290. The summed E-state index contributed by atoms with van der Waals surface area (Å²) in [6.45, 7) is 2.26. The van der Waals surface area contributed by atoms with Gasteiger partial charge < -0.3 is 0 Å². The van der Waals surface area contributed by atoms with Crippen LogP contribution in [0.3, 0.4) is 0 Å². The molecule has 1 unspecified atom stereocenters. The van der Waals surface area contributed by atoms with Crippen molar-refractivity contribution < 1.29 is 0 Å². The number of alkyl halides is 1. The molecule has 0 spiro atoms. The number of rotatable bonds is 2. The van der Waals surface area contributed by atoms with Crippen LogP contribution >= 0.6 is 11.6 Å². The fourth-order valence-corrected chi connectivity index (χ4v) is 2.30. The molecule has 1 saturated carbocycles. The lowest BCUT2D eigenvalue weighted by Gasteiger charge is -2.24. The maximum atomic E-state index is 6.05. The molecule has 0 aromatic carbocycles. The summed E-state index contributed by atoms with van der Waals surface area (Å²) in [4.78, 5) is 0. The van der Waals surface area contributed by atoms with E-state index in [1.807, 2.05) is 0 Å². The summed E-state index contributed by atoms with van der Waals surface area (Å²) in [5.74, 6) is 0.946. The summed E-state index contributed by atoms with van der Waals surface area (Å²) >= 11 is 6.05. The van der Waals surface area contributed by atoms with Crippen LogP contribution in [0, 0.1) is 5.92 Å². The average molecular weight is 161 g/mol. The lowest BCUT2D eigenvalue weighted by atomic mass is 9.86. The van der Waals surface area contributed by atoms with Crippen molar-refractivity contribution in [2.45, 2.75) is 50.8 Å². The van der Waals surface area contributed by atoms with E-state index in [2.05, 4.69) is 6.92 Å². The fourth-order valence-electron chi connectivity index (χ4n) is 1.90. The van der Waals surface area contributed by atoms with Gasteiger partial charge in [0.2, 0.25) is 0 Å². The van der Waals surface area contributed by atoms with E-state index in [9.17, 15) is 0 Å². The molecular weight excluding hydrogens is 144 g/mol. The zero-order valence-electron chi connectivity index (χ0n) is 6.78. The normalized spacial score (nSPS) is 34.2. The van der Waals surface area contributed by atoms with Crippen molar-refractivity contribution in [3.8, 4) is 0 Å². The second-order valence-electron chi connectivity index (χ2n) is 3.42. The molecule has 1 heteroatoms. The van der Waals surface area contributed by atoms with Crippen LogP contribution in [0.1, 0.15) is 45.4 Å². The molecular formula is C9H17Cl. The quantitative estimate of drug-likeness (QED) is 0.542. The summed E-state index contributed by atoms with van der Waals surface area (Å²) in [5, 5.41) is 0.491. The Morgan fingerprint density at radius 2 is 2.20 bits per heavy atom. The molecule has 0 aromatic heterocycles. The summed E-state index contributed by atoms with van der Waals surface area (Å²) in [7, 11) is 0. The van der Waals surface area contributed by atoms with Crippen LogP contribution in [0.5, 0.6) is 0 Å². The highest BCUT2D eigenvalue weighted by Crippen LogP contribution is 2.30. The van der Waals surface area contributed by atoms with Gasteiger partial charge in [-0.1, -0.05) is 32.6 Å². The molecule has 10 heavy (non-hydrogen) atoms. The van der Waals surface area contributed by atoms with Crippen LogP contribution in [0.4, 0.5) is 0 Å². The second kappa shape index (κ2) is 4.23. The van der Waals surface area contributed by atoms with Crippen LogP contribution in [-0.4, -0.2) is 5.38 Å². The predicted octanol–water partition coefficient (Wildman–Crippen LogP) is 3.58. The molecule has 1 rings (SSSR count). The second-order valence-corrected chi connectivity index (χ2v) is 4.04. The molecule has 60 valence electrons. The molecule has 0 heterocycles. The van der Waals surface area contributed by atoms with Gasteiger partial charge in [-0.15, -0.1) is 11.6 Å². The molecule has 1 aliphatic carbocycles. The van der Waals surface area contributed by atoms with Crippen molar-refractivity contribution in [3.05, 3.63) is 0 Å². The van der Waals surface area contributed by atoms with Crippen molar-refractivity contribution in [2.24, 2.45) is 5.92 Å². The van der Waals surface area contributed by atoms with E-state index in [1.54, 1.807) is 0 Å². The Morgan fingerprint density at radius 3 is 2.80 bits per heavy atom. The molecule has 0 N–H and O–H groups in total. The highest BCUT2D eigenvalue weighted by Gasteiger charge is 2.18. The molecule has 0 bridgehead atoms. The van der Waals surface area contributed by atoms with Gasteiger partial charge in [-0.25, -0.2) is 0 Å². The lowest BCUT2D eigenvalue weighted by molar-refractivity contribution is 0.341. The molecule has 0 nitrogen and oxygen atoms in total. The van der Waals surface area contributed by atoms with Crippen LogP contribution < -0.4 is 0 Å². The van der Waals surface area contributed by atoms with E-state index in [0.717, 1.165) is 5.92 Å². The van der Waals surface area contributed by atoms with Crippen molar-refractivity contribution in [3.63, 3.8) is 0 Å². The molecule has 0 aliphatic heterocycles. The Labute approximate surface area is 69.0 Å². The standard InChI is InChI=1S/C9H17Cl/c1-2-4-8-5-3-6-9(10)7-8/h8-9H,2-7H2,1H3/t8?,9-/m1/s1. The summed E-state index contributed by atoms with van der Waals surface area (Å²) in [6.07, 6.45) is 8.03. The van der Waals surface area contributed by atoms with Gasteiger partial charge in [0.05, 0.1) is 0 Å². The van der Waals surface area contributed by atoms with Gasteiger partial charge >= 0.3 is 0 Å². The van der Waals surface area contributed by atoms with E-state index < -0.39 is 0 Å². The minimum Gasteiger partial charge on any atom is -0.123 e. The molecule has 0 saturated heterocycles. The van der Waals surface area contributed by atoms with Gasteiger partial charge in [0.15, 0.2) is 0 Å². The van der Waals surface area contributed by atoms with Gasteiger partial charge in [-0.3, -0.25) is 0 Å². The molecule has 0 amide bonds. The first-order valence-electron chi connectivity index (χ1n) is 4.47. The van der Waals surface area contributed by atoms with Crippen molar-refractivity contribution in [1.29, 1.82) is 0 Å². The fraction of sp³-hybridized carbons (Fsp3) is 1.00. The van der Waals surface area contributed by atoms with Crippen molar-refractivity contribution >= 4 is 11.6 Å². The number of halogens is 1. The lowest BCUT2D eigenvalue weighted by Crippen LogP contribution is -2.14. The minimum atomic E-state index is 0.491. The van der Waals surface area contributed by atoms with Gasteiger partial charge in [0.1, 0.15) is 0 Å². The Balaban J connectivity index is 2.18. The third-order valence-electron chi connectivity index (χ3n) is 2.42. The molecule has 1 aliphatic rings. The number of hydrogen-bond acceptors (Lipinski definition) is 0. The first kappa shape index (κ1) is 8.39. The maximum absolute atomic E-state index is 6.05. The average Bonchev–Trinajstić information content (AvgIpc) is 1.88. The van der Waals surface area contributed by atoms with Gasteiger partial charge in [0, 0.05) is 5.38 Å². The highest BCUT2D eigenvalue weighted by molar-refractivity contribution is 6.20. The summed E-state index contributed by atoms with van der Waals surface area (Å²) < 4.78 is 0. The molecule has 1 fully saturated rings.